The first kappa shape index (κ1) is 9.53. The third kappa shape index (κ3) is 1.62. The first-order valence-electron chi connectivity index (χ1n) is 3.51. The number of ether oxygens (including phenoxy) is 2. The second-order valence-corrected chi connectivity index (χ2v) is 2.29. The molecule has 1 aliphatic rings. The quantitative estimate of drug-likeness (QED) is 0.623. The van der Waals surface area contributed by atoms with Crippen molar-refractivity contribution in [2.45, 2.75) is 5.85 Å². The lowest BCUT2D eigenvalue weighted by Crippen LogP contribution is -2.53. The van der Waals surface area contributed by atoms with E-state index in [-0.39, 0.29) is 0 Å². The largest absolute Gasteiger partial charge is 0.482 e. The molecule has 2 N–H and O–H groups in total. The molecule has 0 radical (unpaired) electrons. The van der Waals surface area contributed by atoms with Crippen LogP contribution in [0.2, 0.25) is 0 Å². The van der Waals surface area contributed by atoms with Crippen molar-refractivity contribution in [1.82, 2.24) is 5.32 Å². The third-order valence-corrected chi connectivity index (χ3v) is 1.58. The van der Waals surface area contributed by atoms with Crippen molar-refractivity contribution in [2.75, 3.05) is 14.2 Å². The van der Waals surface area contributed by atoms with Crippen LogP contribution in [0.5, 0.6) is 0 Å². The normalized spacial score (nSPS) is 26.2. The Morgan fingerprint density at radius 3 is 2.85 bits per heavy atom. The van der Waals surface area contributed by atoms with E-state index in [0.29, 0.717) is 5.88 Å². The number of nitrogens with one attached hydrogen (secondary N) is 1. The Morgan fingerprint density at radius 1 is 1.69 bits per heavy atom. The van der Waals surface area contributed by atoms with Crippen LogP contribution in [-0.2, 0) is 14.3 Å². The van der Waals surface area contributed by atoms with E-state index in [1.54, 1.807) is 0 Å². The molecule has 0 amide bonds. The summed E-state index contributed by atoms with van der Waals surface area (Å²) in [4.78, 5) is 14.4. The Balaban J connectivity index is 2.89. The van der Waals surface area contributed by atoms with Crippen LogP contribution in [-0.4, -0.2) is 37.4 Å². The second-order valence-electron chi connectivity index (χ2n) is 2.29. The highest BCUT2D eigenvalue weighted by molar-refractivity contribution is 5.83. The predicted octanol–water partition coefficient (Wildman–Crippen LogP) is -0.467. The van der Waals surface area contributed by atoms with Crippen LogP contribution in [0.15, 0.2) is 17.0 Å². The highest BCUT2D eigenvalue weighted by atomic mass is 16.6. The van der Waals surface area contributed by atoms with Gasteiger partial charge < -0.3 is 14.6 Å². The summed E-state index contributed by atoms with van der Waals surface area (Å²) in [5, 5.41) is 11.3. The number of carboxylic acids is 1. The molecule has 0 aromatic rings. The van der Waals surface area contributed by atoms with Crippen LogP contribution in [0, 0.1) is 0 Å². The van der Waals surface area contributed by atoms with Gasteiger partial charge in [-0.25, -0.2) is 9.79 Å². The van der Waals surface area contributed by atoms with Gasteiger partial charge in [-0.3, -0.25) is 5.32 Å². The molecule has 0 aromatic heterocycles. The van der Waals surface area contributed by atoms with Crippen molar-refractivity contribution < 1.29 is 19.4 Å². The van der Waals surface area contributed by atoms with Gasteiger partial charge in [0.05, 0.1) is 7.11 Å². The van der Waals surface area contributed by atoms with Gasteiger partial charge in [0, 0.05) is 19.4 Å². The molecule has 13 heavy (non-hydrogen) atoms. The molecule has 0 saturated carbocycles. The van der Waals surface area contributed by atoms with Crippen molar-refractivity contribution in [2.24, 2.45) is 4.99 Å². The summed E-state index contributed by atoms with van der Waals surface area (Å²) in [6.45, 7) is 0. The molecule has 6 heteroatoms. The summed E-state index contributed by atoms with van der Waals surface area (Å²) in [6, 6.07) is 0. The average molecular weight is 186 g/mol. The van der Waals surface area contributed by atoms with Crippen LogP contribution in [0.3, 0.4) is 0 Å². The molecule has 6 nitrogen and oxygen atoms in total. The highest BCUT2D eigenvalue weighted by Crippen LogP contribution is 2.14. The topological polar surface area (TPSA) is 80.2 Å². The first-order valence-corrected chi connectivity index (χ1v) is 3.51. The number of rotatable bonds is 3. The lowest BCUT2D eigenvalue weighted by molar-refractivity contribution is -0.166. The van der Waals surface area contributed by atoms with E-state index in [4.69, 9.17) is 14.6 Å². The van der Waals surface area contributed by atoms with E-state index in [9.17, 15) is 4.79 Å². The molecular weight excluding hydrogens is 176 g/mol. The van der Waals surface area contributed by atoms with Crippen LogP contribution < -0.4 is 5.32 Å². The molecular formula is C7H10N2O4. The second kappa shape index (κ2) is 3.44. The minimum Gasteiger partial charge on any atom is -0.482 e. The molecule has 0 aromatic carbocycles. The number of hydrogen-bond acceptors (Lipinski definition) is 5. The van der Waals surface area contributed by atoms with Crippen LogP contribution in [0.1, 0.15) is 0 Å². The van der Waals surface area contributed by atoms with Gasteiger partial charge in [0.25, 0.3) is 0 Å². The Morgan fingerprint density at radius 2 is 2.38 bits per heavy atom. The number of aliphatic imine (C=N–C) groups is 1. The van der Waals surface area contributed by atoms with E-state index < -0.39 is 11.8 Å². The number of allylic oxidation sites excluding steroid dienone is 1. The van der Waals surface area contributed by atoms with Crippen molar-refractivity contribution in [3.05, 3.63) is 12.0 Å². The fraction of sp³-hybridized carbons (Fsp3) is 0.429. The molecule has 1 aliphatic heterocycles. The summed E-state index contributed by atoms with van der Waals surface area (Å²) in [5.41, 5.74) is 0. The maximum Gasteiger partial charge on any atom is 0.382 e. The number of methoxy groups -OCH3 is 2. The van der Waals surface area contributed by atoms with Crippen molar-refractivity contribution in [3.8, 4) is 0 Å². The first-order chi connectivity index (χ1) is 6.14. The Bertz CT molecular complexity index is 274. The maximum absolute atomic E-state index is 10.8. The Kier molecular flexibility index (Phi) is 2.52. The van der Waals surface area contributed by atoms with Gasteiger partial charge in [-0.05, 0) is 0 Å². The maximum atomic E-state index is 10.8. The van der Waals surface area contributed by atoms with Gasteiger partial charge in [0.1, 0.15) is 0 Å². The molecule has 0 aliphatic carbocycles. The molecule has 0 bridgehead atoms. The van der Waals surface area contributed by atoms with Crippen molar-refractivity contribution in [1.29, 1.82) is 0 Å². The molecule has 1 atom stereocenters. The number of aliphatic carboxylic acids is 1. The Hall–Kier alpha value is -1.56. The van der Waals surface area contributed by atoms with Crippen molar-refractivity contribution in [3.63, 3.8) is 0 Å². The fourth-order valence-electron chi connectivity index (χ4n) is 0.870. The van der Waals surface area contributed by atoms with Crippen LogP contribution in [0.4, 0.5) is 0 Å². The molecule has 0 saturated heterocycles. The van der Waals surface area contributed by atoms with Gasteiger partial charge in [-0.2, -0.15) is 0 Å². The minimum atomic E-state index is -1.76. The standard InChI is InChI=1S/C7H10N2O4/c1-12-5-3-4-8-7(9-5,13-2)6(10)11/h3-4,9H,1-2H3,(H,10,11). The number of hydrogen-bond donors (Lipinski definition) is 2. The van der Waals surface area contributed by atoms with E-state index in [1.807, 2.05) is 0 Å². The third-order valence-electron chi connectivity index (χ3n) is 1.58. The molecule has 1 unspecified atom stereocenters. The van der Waals surface area contributed by atoms with E-state index >= 15 is 0 Å². The SMILES string of the molecule is COC1=CC=NC(OC)(C(=O)O)N1. The number of carbonyl (C=O) groups is 1. The zero-order valence-electron chi connectivity index (χ0n) is 7.27. The number of carboxylic acid groups (broad SMARTS) is 1. The van der Waals surface area contributed by atoms with Crippen molar-refractivity contribution >= 4 is 12.2 Å². The smallest absolute Gasteiger partial charge is 0.382 e. The van der Waals surface area contributed by atoms with E-state index in [1.165, 1.54) is 26.5 Å². The zero-order chi connectivity index (χ0) is 9.90. The van der Waals surface area contributed by atoms with E-state index in [2.05, 4.69) is 10.3 Å². The van der Waals surface area contributed by atoms with Crippen LogP contribution in [0.25, 0.3) is 0 Å². The van der Waals surface area contributed by atoms with Crippen LogP contribution >= 0.6 is 0 Å². The molecule has 1 rings (SSSR count). The van der Waals surface area contributed by atoms with Gasteiger partial charge >= 0.3 is 11.8 Å². The average Bonchev–Trinajstić information content (AvgIpc) is 2.17. The Labute approximate surface area is 74.9 Å². The zero-order valence-corrected chi connectivity index (χ0v) is 7.27. The highest BCUT2D eigenvalue weighted by Gasteiger charge is 2.40. The van der Waals surface area contributed by atoms with Gasteiger partial charge in [0.2, 0.25) is 0 Å². The molecule has 1 heterocycles. The minimum absolute atomic E-state index is 0.291. The number of nitrogens with zero attached hydrogens (tertiary/aromatic N) is 1. The lowest BCUT2D eigenvalue weighted by atomic mass is 10.3. The molecule has 0 fully saturated rings. The summed E-state index contributed by atoms with van der Waals surface area (Å²) < 4.78 is 9.56. The predicted molar refractivity (Wildman–Crippen MR) is 44.1 cm³/mol. The van der Waals surface area contributed by atoms with Gasteiger partial charge in [-0.1, -0.05) is 0 Å². The van der Waals surface area contributed by atoms with E-state index in [0.717, 1.165) is 0 Å². The lowest BCUT2D eigenvalue weighted by Gasteiger charge is -2.27. The fourth-order valence-corrected chi connectivity index (χ4v) is 0.870. The summed E-state index contributed by atoms with van der Waals surface area (Å²) in [7, 11) is 2.66. The summed E-state index contributed by atoms with van der Waals surface area (Å²) in [5.74, 6) is -2.70. The van der Waals surface area contributed by atoms with Gasteiger partial charge in [0.15, 0.2) is 5.88 Å². The monoisotopic (exact) mass is 186 g/mol. The van der Waals surface area contributed by atoms with Gasteiger partial charge in [-0.15, -0.1) is 0 Å². The molecule has 72 valence electrons. The molecule has 0 spiro atoms. The summed E-state index contributed by atoms with van der Waals surface area (Å²) in [6.07, 6.45) is 2.81. The summed E-state index contributed by atoms with van der Waals surface area (Å²) >= 11 is 0.